The topological polar surface area (TPSA) is 58.6 Å². The molecule has 0 radical (unpaired) electrons. The Bertz CT molecular complexity index is 818. The highest BCUT2D eigenvalue weighted by molar-refractivity contribution is 5.99. The van der Waals surface area contributed by atoms with E-state index in [4.69, 9.17) is 4.74 Å². The van der Waals surface area contributed by atoms with Gasteiger partial charge in [-0.15, -0.1) is 0 Å². The summed E-state index contributed by atoms with van der Waals surface area (Å²) in [4.78, 5) is 26.5. The summed E-state index contributed by atoms with van der Waals surface area (Å²) in [5.74, 6) is -0.406. The number of carbonyl (C=O) groups excluding carboxylic acids is 2. The summed E-state index contributed by atoms with van der Waals surface area (Å²) in [6, 6.07) is 11.4. The molecule has 0 bridgehead atoms. The summed E-state index contributed by atoms with van der Waals surface area (Å²) in [5.41, 5.74) is 5.55. The Balaban J connectivity index is 1.97. The Labute approximate surface area is 167 Å². The molecule has 28 heavy (non-hydrogen) atoms. The summed E-state index contributed by atoms with van der Waals surface area (Å²) in [6.07, 6.45) is 0.159. The first-order chi connectivity index (χ1) is 13.2. The molecular weight excluding hydrogens is 352 g/mol. The molecule has 0 atom stereocenters. The third kappa shape index (κ3) is 5.92. The van der Waals surface area contributed by atoms with Gasteiger partial charge in [0.2, 0.25) is 5.91 Å². The van der Waals surface area contributed by atoms with Gasteiger partial charge in [0.25, 0.3) is 5.91 Å². The molecule has 0 saturated carbocycles. The first-order valence-corrected chi connectivity index (χ1v) is 9.51. The molecule has 5 nitrogen and oxygen atoms in total. The van der Waals surface area contributed by atoms with Gasteiger partial charge in [0, 0.05) is 18.3 Å². The third-order valence-electron chi connectivity index (χ3n) is 4.45. The maximum absolute atomic E-state index is 12.6. The van der Waals surface area contributed by atoms with E-state index >= 15 is 0 Å². The van der Waals surface area contributed by atoms with Gasteiger partial charge in [-0.25, -0.2) is 0 Å². The molecule has 0 saturated heterocycles. The molecule has 0 aliphatic carbocycles. The normalized spacial score (nSPS) is 10.8. The summed E-state index contributed by atoms with van der Waals surface area (Å²) >= 11 is 0. The van der Waals surface area contributed by atoms with Crippen LogP contribution in [-0.2, 0) is 16.1 Å². The van der Waals surface area contributed by atoms with E-state index < -0.39 is 0 Å². The maximum atomic E-state index is 12.6. The Morgan fingerprint density at radius 1 is 1.04 bits per heavy atom. The van der Waals surface area contributed by atoms with Crippen molar-refractivity contribution in [2.75, 3.05) is 18.9 Å². The molecule has 150 valence electrons. The van der Waals surface area contributed by atoms with E-state index in [0.29, 0.717) is 12.2 Å². The van der Waals surface area contributed by atoms with Crippen LogP contribution in [0, 0.1) is 20.8 Å². The lowest BCUT2D eigenvalue weighted by atomic mass is 10.1. The lowest BCUT2D eigenvalue weighted by molar-refractivity contribution is -0.116. The molecule has 1 N–H and O–H groups in total. The quantitative estimate of drug-likeness (QED) is 0.779. The van der Waals surface area contributed by atoms with Crippen molar-refractivity contribution in [2.45, 2.75) is 47.3 Å². The molecule has 2 aromatic rings. The highest BCUT2D eigenvalue weighted by atomic mass is 16.5. The van der Waals surface area contributed by atoms with E-state index in [1.807, 2.05) is 58.9 Å². The van der Waals surface area contributed by atoms with Gasteiger partial charge in [-0.1, -0.05) is 29.8 Å². The van der Waals surface area contributed by atoms with Crippen LogP contribution >= 0.6 is 0 Å². The fraction of sp³-hybridized carbons (Fsp3) is 0.391. The van der Waals surface area contributed by atoms with Crippen molar-refractivity contribution in [3.63, 3.8) is 0 Å². The SMILES string of the molecule is Cc1cc(C)c(NC(=O)CN(C)C(=O)c2ccc(COC(C)C)cc2)c(C)c1. The van der Waals surface area contributed by atoms with Gasteiger partial charge in [0.15, 0.2) is 0 Å². The number of carbonyl (C=O) groups is 2. The maximum Gasteiger partial charge on any atom is 0.254 e. The van der Waals surface area contributed by atoms with Crippen molar-refractivity contribution >= 4 is 17.5 Å². The zero-order valence-corrected chi connectivity index (χ0v) is 17.6. The molecule has 0 fully saturated rings. The number of nitrogens with one attached hydrogen (secondary N) is 1. The summed E-state index contributed by atoms with van der Waals surface area (Å²) in [5, 5.41) is 2.93. The van der Waals surface area contributed by atoms with Gasteiger partial charge >= 0.3 is 0 Å². The minimum Gasteiger partial charge on any atom is -0.374 e. The number of rotatable bonds is 7. The Morgan fingerprint density at radius 3 is 2.14 bits per heavy atom. The lowest BCUT2D eigenvalue weighted by Crippen LogP contribution is -2.35. The van der Waals surface area contributed by atoms with E-state index in [9.17, 15) is 9.59 Å². The van der Waals surface area contributed by atoms with Crippen LogP contribution in [0.3, 0.4) is 0 Å². The second-order valence-corrected chi connectivity index (χ2v) is 7.54. The Morgan fingerprint density at radius 2 is 1.61 bits per heavy atom. The molecule has 2 rings (SSSR count). The molecule has 0 aliphatic heterocycles. The highest BCUT2D eigenvalue weighted by Crippen LogP contribution is 2.21. The number of nitrogens with zero attached hydrogens (tertiary/aromatic N) is 1. The van der Waals surface area contributed by atoms with Gasteiger partial charge in [0.05, 0.1) is 19.3 Å². The molecule has 2 amide bonds. The van der Waals surface area contributed by atoms with E-state index in [-0.39, 0.29) is 24.5 Å². The van der Waals surface area contributed by atoms with Crippen molar-refractivity contribution in [2.24, 2.45) is 0 Å². The molecule has 0 spiro atoms. The number of hydrogen-bond donors (Lipinski definition) is 1. The molecule has 0 aliphatic rings. The van der Waals surface area contributed by atoms with Crippen LogP contribution in [0.5, 0.6) is 0 Å². The van der Waals surface area contributed by atoms with E-state index in [1.54, 1.807) is 19.2 Å². The number of amides is 2. The highest BCUT2D eigenvalue weighted by Gasteiger charge is 2.16. The first-order valence-electron chi connectivity index (χ1n) is 9.51. The number of anilines is 1. The number of hydrogen-bond acceptors (Lipinski definition) is 3. The minimum atomic E-state index is -0.215. The largest absolute Gasteiger partial charge is 0.374 e. The van der Waals surface area contributed by atoms with Gasteiger partial charge in [-0.3, -0.25) is 9.59 Å². The van der Waals surface area contributed by atoms with Crippen molar-refractivity contribution in [3.05, 3.63) is 64.2 Å². The molecule has 5 heteroatoms. The number of ether oxygens (including phenoxy) is 1. The summed E-state index contributed by atoms with van der Waals surface area (Å²) < 4.78 is 5.56. The van der Waals surface area contributed by atoms with E-state index in [1.165, 1.54) is 4.90 Å². The molecule has 0 unspecified atom stereocenters. The van der Waals surface area contributed by atoms with Crippen LogP contribution in [-0.4, -0.2) is 36.4 Å². The smallest absolute Gasteiger partial charge is 0.254 e. The van der Waals surface area contributed by atoms with Crippen LogP contribution in [0.15, 0.2) is 36.4 Å². The number of aryl methyl sites for hydroxylation is 3. The predicted octanol–water partition coefficient (Wildman–Crippen LogP) is 4.25. The number of likely N-dealkylation sites (N-methyl/N-ethyl adjacent to an activating group) is 1. The van der Waals surface area contributed by atoms with Crippen LogP contribution in [0.4, 0.5) is 5.69 Å². The third-order valence-corrected chi connectivity index (χ3v) is 4.45. The minimum absolute atomic E-state index is 0.0101. The Hall–Kier alpha value is -2.66. The van der Waals surface area contributed by atoms with Crippen molar-refractivity contribution in [1.29, 1.82) is 0 Å². The molecule has 0 aromatic heterocycles. The van der Waals surface area contributed by atoms with Crippen LogP contribution < -0.4 is 5.32 Å². The monoisotopic (exact) mass is 382 g/mol. The molecule has 2 aromatic carbocycles. The summed E-state index contributed by atoms with van der Waals surface area (Å²) in [6.45, 7) is 10.4. The fourth-order valence-electron chi connectivity index (χ4n) is 3.07. The lowest BCUT2D eigenvalue weighted by Gasteiger charge is -2.19. The van der Waals surface area contributed by atoms with Crippen LogP contribution in [0.1, 0.15) is 46.5 Å². The van der Waals surface area contributed by atoms with Gasteiger partial charge in [-0.05, 0) is 63.4 Å². The van der Waals surface area contributed by atoms with Crippen molar-refractivity contribution in [3.8, 4) is 0 Å². The van der Waals surface area contributed by atoms with E-state index in [2.05, 4.69) is 5.32 Å². The molecular formula is C23H30N2O3. The predicted molar refractivity (Wildman–Crippen MR) is 113 cm³/mol. The van der Waals surface area contributed by atoms with Crippen molar-refractivity contribution < 1.29 is 14.3 Å². The molecule has 0 heterocycles. The number of benzene rings is 2. The fourth-order valence-corrected chi connectivity index (χ4v) is 3.07. The standard InChI is InChI=1S/C23H30N2O3/c1-15(2)28-14-19-7-9-20(10-8-19)23(27)25(6)13-21(26)24-22-17(4)11-16(3)12-18(22)5/h7-12,15H,13-14H2,1-6H3,(H,24,26). The Kier molecular flexibility index (Phi) is 7.35. The van der Waals surface area contributed by atoms with Gasteiger partial charge in [0.1, 0.15) is 0 Å². The zero-order valence-electron chi connectivity index (χ0n) is 17.6. The summed E-state index contributed by atoms with van der Waals surface area (Å²) in [7, 11) is 1.63. The van der Waals surface area contributed by atoms with Gasteiger partial charge < -0.3 is 15.0 Å². The average Bonchev–Trinajstić information content (AvgIpc) is 2.62. The average molecular weight is 383 g/mol. The van der Waals surface area contributed by atoms with Gasteiger partial charge in [-0.2, -0.15) is 0 Å². The zero-order chi connectivity index (χ0) is 20.8. The van der Waals surface area contributed by atoms with E-state index in [0.717, 1.165) is 27.9 Å². The second kappa shape index (κ2) is 9.51. The van der Waals surface area contributed by atoms with Crippen LogP contribution in [0.25, 0.3) is 0 Å². The second-order valence-electron chi connectivity index (χ2n) is 7.54. The first kappa shape index (κ1) is 21.6. The van der Waals surface area contributed by atoms with Crippen LogP contribution in [0.2, 0.25) is 0 Å². The van der Waals surface area contributed by atoms with Crippen molar-refractivity contribution in [1.82, 2.24) is 4.90 Å².